The van der Waals surface area contributed by atoms with Crippen LogP contribution in [-0.4, -0.2) is 15.5 Å². The molecule has 27 heavy (non-hydrogen) atoms. The number of hydrogen-bond donors (Lipinski definition) is 0. The number of nitrogens with zero attached hydrogens (tertiary/aromatic N) is 2. The number of furan rings is 1. The lowest BCUT2D eigenvalue weighted by Gasteiger charge is -2.14. The molecule has 0 fully saturated rings. The number of para-hydroxylation sites is 3. The molecule has 0 aliphatic heterocycles. The summed E-state index contributed by atoms with van der Waals surface area (Å²) >= 11 is 0. The van der Waals surface area contributed by atoms with Crippen molar-refractivity contribution in [2.75, 3.05) is 0 Å². The fourth-order valence-electron chi connectivity index (χ4n) is 3.19. The smallest absolute Gasteiger partial charge is 0.375 e. The van der Waals surface area contributed by atoms with Crippen LogP contribution >= 0.6 is 0 Å². The van der Waals surface area contributed by atoms with Gasteiger partial charge < -0.3 is 9.15 Å². The van der Waals surface area contributed by atoms with E-state index < -0.39 is 18.6 Å². The highest BCUT2D eigenvalue weighted by Gasteiger charge is 2.27. The molecule has 1 atom stereocenters. The third-order valence-corrected chi connectivity index (χ3v) is 4.49. The number of aryl methyl sites for hydroxylation is 1. The molecule has 1 unspecified atom stereocenters. The van der Waals surface area contributed by atoms with Crippen LogP contribution in [-0.2, 0) is 4.74 Å². The Labute approximate surface area is 153 Å². The summed E-state index contributed by atoms with van der Waals surface area (Å²) in [6.07, 6.45) is -0.980. The van der Waals surface area contributed by atoms with Crippen molar-refractivity contribution in [3.05, 3.63) is 65.7 Å². The Balaban J connectivity index is 1.68. The van der Waals surface area contributed by atoms with Gasteiger partial charge in [0.25, 0.3) is 0 Å². The van der Waals surface area contributed by atoms with Crippen LogP contribution in [0.15, 0.2) is 52.9 Å². The van der Waals surface area contributed by atoms with E-state index in [1.807, 2.05) is 12.1 Å². The van der Waals surface area contributed by atoms with Crippen molar-refractivity contribution in [1.82, 2.24) is 9.55 Å². The number of esters is 1. The Kier molecular flexibility index (Phi) is 4.14. The zero-order valence-electron chi connectivity index (χ0n) is 14.6. The highest BCUT2D eigenvalue weighted by atomic mass is 19.3. The maximum atomic E-state index is 13.6. The van der Waals surface area contributed by atoms with Gasteiger partial charge in [-0.15, -0.1) is 0 Å². The Morgan fingerprint density at radius 3 is 2.59 bits per heavy atom. The van der Waals surface area contributed by atoms with Gasteiger partial charge >= 0.3 is 12.5 Å². The Morgan fingerprint density at radius 2 is 1.85 bits per heavy atom. The van der Waals surface area contributed by atoms with Gasteiger partial charge in [0.05, 0.1) is 11.0 Å². The molecule has 0 radical (unpaired) electrons. The molecule has 0 bridgehead atoms. The van der Waals surface area contributed by atoms with E-state index >= 15 is 0 Å². The second-order valence-electron chi connectivity index (χ2n) is 6.21. The molecular formula is C20H16F2N2O3. The van der Waals surface area contributed by atoms with Gasteiger partial charge in [-0.1, -0.05) is 30.3 Å². The van der Waals surface area contributed by atoms with E-state index in [9.17, 15) is 13.6 Å². The van der Waals surface area contributed by atoms with Crippen LogP contribution in [0.4, 0.5) is 8.78 Å². The average Bonchev–Trinajstić information content (AvgIpc) is 3.20. The number of aromatic nitrogens is 2. The molecule has 0 aliphatic carbocycles. The maximum Gasteiger partial charge on any atom is 0.375 e. The van der Waals surface area contributed by atoms with Crippen LogP contribution in [0.1, 0.15) is 41.5 Å². The summed E-state index contributed by atoms with van der Waals surface area (Å²) in [5.41, 5.74) is 1.90. The molecule has 0 saturated carbocycles. The first kappa shape index (κ1) is 17.2. The zero-order valence-corrected chi connectivity index (χ0v) is 14.6. The second-order valence-corrected chi connectivity index (χ2v) is 6.21. The quantitative estimate of drug-likeness (QED) is 0.451. The minimum absolute atomic E-state index is 0.0201. The number of ether oxygens (including phenoxy) is 1. The summed E-state index contributed by atoms with van der Waals surface area (Å²) in [6.45, 7) is 0.457. The Hall–Kier alpha value is -3.22. The third kappa shape index (κ3) is 2.85. The van der Waals surface area contributed by atoms with Crippen molar-refractivity contribution < 1.29 is 22.7 Å². The van der Waals surface area contributed by atoms with Gasteiger partial charge in [-0.3, -0.25) is 4.57 Å². The van der Waals surface area contributed by atoms with Crippen molar-refractivity contribution in [3.63, 3.8) is 0 Å². The van der Waals surface area contributed by atoms with E-state index in [1.165, 1.54) is 6.92 Å². The minimum Gasteiger partial charge on any atom is -0.449 e. The Bertz CT molecular complexity index is 1150. The summed E-state index contributed by atoms with van der Waals surface area (Å²) in [5, 5.41) is 0.803. The van der Waals surface area contributed by atoms with E-state index in [0.29, 0.717) is 16.7 Å². The largest absolute Gasteiger partial charge is 0.449 e. The number of carbonyl (C=O) groups is 1. The molecule has 4 aromatic rings. The van der Waals surface area contributed by atoms with Crippen molar-refractivity contribution in [3.8, 4) is 0 Å². The first-order valence-electron chi connectivity index (χ1n) is 8.41. The first-order valence-corrected chi connectivity index (χ1v) is 8.41. The van der Waals surface area contributed by atoms with Gasteiger partial charge in [-0.25, -0.2) is 9.78 Å². The molecule has 7 heteroatoms. The fourth-order valence-corrected chi connectivity index (χ4v) is 3.19. The van der Waals surface area contributed by atoms with E-state index in [1.54, 1.807) is 43.3 Å². The minimum atomic E-state index is -2.80. The monoisotopic (exact) mass is 370 g/mol. The number of halogens is 2. The molecule has 0 amide bonds. The molecule has 0 saturated heterocycles. The van der Waals surface area contributed by atoms with Crippen LogP contribution in [0, 0.1) is 6.92 Å². The summed E-state index contributed by atoms with van der Waals surface area (Å²) < 4.78 is 38.9. The summed E-state index contributed by atoms with van der Waals surface area (Å²) in [5.74, 6) is -0.680. The fraction of sp³-hybridized carbons (Fsp3) is 0.200. The summed E-state index contributed by atoms with van der Waals surface area (Å²) in [4.78, 5) is 16.8. The van der Waals surface area contributed by atoms with Gasteiger partial charge in [0.2, 0.25) is 5.76 Å². The van der Waals surface area contributed by atoms with Gasteiger partial charge in [0.1, 0.15) is 5.58 Å². The predicted molar refractivity (Wildman–Crippen MR) is 95.8 cm³/mol. The van der Waals surface area contributed by atoms with Crippen LogP contribution in [0.2, 0.25) is 0 Å². The number of alkyl halides is 2. The number of hydrogen-bond acceptors (Lipinski definition) is 4. The van der Waals surface area contributed by atoms with Gasteiger partial charge in [0, 0.05) is 10.9 Å². The lowest BCUT2D eigenvalue weighted by molar-refractivity contribution is 0.0204. The number of fused-ring (bicyclic) bond motifs is 2. The standard InChI is InChI=1S/C20H16F2N2O3/c1-11-13-7-3-6-10-16(13)27-17(11)19(25)26-12(2)18-23-14-8-4-5-9-15(14)24(18)20(21)22/h3-10,12,20H,1-2H3. The summed E-state index contributed by atoms with van der Waals surface area (Å²) in [6, 6.07) is 13.8. The topological polar surface area (TPSA) is 57.3 Å². The molecular weight excluding hydrogens is 354 g/mol. The van der Waals surface area contributed by atoms with Gasteiger partial charge in [0.15, 0.2) is 11.9 Å². The molecule has 2 aromatic heterocycles. The molecule has 5 nitrogen and oxygen atoms in total. The van der Waals surface area contributed by atoms with E-state index in [0.717, 1.165) is 9.95 Å². The molecule has 138 valence electrons. The van der Waals surface area contributed by atoms with Crippen LogP contribution in [0.3, 0.4) is 0 Å². The van der Waals surface area contributed by atoms with Crippen molar-refractivity contribution in [1.29, 1.82) is 0 Å². The SMILES string of the molecule is Cc1c(C(=O)OC(C)c2nc3ccccc3n2C(F)F)oc2ccccc12. The second kappa shape index (κ2) is 6.50. The number of carbonyl (C=O) groups excluding carboxylic acids is 1. The first-order chi connectivity index (χ1) is 13.0. The van der Waals surface area contributed by atoms with Crippen molar-refractivity contribution in [2.45, 2.75) is 26.5 Å². The molecule has 0 N–H and O–H groups in total. The van der Waals surface area contributed by atoms with Gasteiger partial charge in [-0.05, 0) is 32.0 Å². The van der Waals surface area contributed by atoms with E-state index in [2.05, 4.69) is 4.98 Å². The molecule has 2 aromatic carbocycles. The lowest BCUT2D eigenvalue weighted by atomic mass is 10.1. The Morgan fingerprint density at radius 1 is 1.15 bits per heavy atom. The van der Waals surface area contributed by atoms with Gasteiger partial charge in [-0.2, -0.15) is 8.78 Å². The average molecular weight is 370 g/mol. The molecule has 0 spiro atoms. The van der Waals surface area contributed by atoms with Crippen molar-refractivity contribution in [2.24, 2.45) is 0 Å². The van der Waals surface area contributed by atoms with Crippen LogP contribution < -0.4 is 0 Å². The number of rotatable bonds is 4. The molecule has 4 rings (SSSR count). The zero-order chi connectivity index (χ0) is 19.1. The summed E-state index contributed by atoms with van der Waals surface area (Å²) in [7, 11) is 0. The highest BCUT2D eigenvalue weighted by Crippen LogP contribution is 2.30. The van der Waals surface area contributed by atoms with Crippen molar-refractivity contribution >= 4 is 28.0 Å². The normalized spacial score (nSPS) is 12.8. The van der Waals surface area contributed by atoms with E-state index in [-0.39, 0.29) is 17.1 Å². The van der Waals surface area contributed by atoms with Crippen LogP contribution in [0.5, 0.6) is 0 Å². The molecule has 0 aliphatic rings. The number of benzene rings is 2. The highest BCUT2D eigenvalue weighted by molar-refractivity contribution is 5.96. The number of imidazole rings is 1. The van der Waals surface area contributed by atoms with Crippen LogP contribution in [0.25, 0.3) is 22.0 Å². The van der Waals surface area contributed by atoms with E-state index in [4.69, 9.17) is 9.15 Å². The maximum absolute atomic E-state index is 13.6. The third-order valence-electron chi connectivity index (χ3n) is 4.49. The lowest BCUT2D eigenvalue weighted by Crippen LogP contribution is -2.14. The molecule has 2 heterocycles. The predicted octanol–water partition coefficient (Wildman–Crippen LogP) is 5.40.